The van der Waals surface area contributed by atoms with Crippen molar-refractivity contribution in [3.8, 4) is 0 Å². The van der Waals surface area contributed by atoms with Crippen molar-refractivity contribution in [3.63, 3.8) is 0 Å². The maximum absolute atomic E-state index is 11.3. The van der Waals surface area contributed by atoms with Crippen LogP contribution in [0, 0.1) is 0 Å². The van der Waals surface area contributed by atoms with Gasteiger partial charge >= 0.3 is 5.97 Å². The number of rotatable bonds is 4. The lowest BCUT2D eigenvalue weighted by Crippen LogP contribution is -2.23. The molecular formula is C16H17Br2N3O3. The molecule has 1 amide bonds. The van der Waals surface area contributed by atoms with Crippen LogP contribution < -0.4 is 0 Å². The van der Waals surface area contributed by atoms with Crippen molar-refractivity contribution in [3.05, 3.63) is 57.0 Å². The molecule has 1 N–H and O–H groups in total. The van der Waals surface area contributed by atoms with Gasteiger partial charge in [0, 0.05) is 47.8 Å². The van der Waals surface area contributed by atoms with E-state index in [2.05, 4.69) is 41.8 Å². The Kier molecular flexibility index (Phi) is 8.56. The van der Waals surface area contributed by atoms with Gasteiger partial charge in [0.25, 0.3) is 0 Å². The van der Waals surface area contributed by atoms with E-state index in [1.54, 1.807) is 49.8 Å². The third kappa shape index (κ3) is 8.16. The summed E-state index contributed by atoms with van der Waals surface area (Å²) in [5.41, 5.74) is 1.62. The van der Waals surface area contributed by atoms with E-state index in [-0.39, 0.29) is 12.3 Å². The average molecular weight is 459 g/mol. The Morgan fingerprint density at radius 1 is 0.958 bits per heavy atom. The first-order chi connectivity index (χ1) is 11.3. The predicted molar refractivity (Wildman–Crippen MR) is 97.6 cm³/mol. The second kappa shape index (κ2) is 10.1. The number of carbonyl (C=O) groups excluding carboxylic acids is 1. The summed E-state index contributed by atoms with van der Waals surface area (Å²) in [6.07, 6.45) is 6.98. The fraction of sp³-hybridized carbons (Fsp3) is 0.250. The van der Waals surface area contributed by atoms with Crippen LogP contribution in [-0.2, 0) is 22.4 Å². The number of carboxylic acids is 1. The summed E-state index contributed by atoms with van der Waals surface area (Å²) in [6.45, 7) is 0. The Labute approximate surface area is 157 Å². The summed E-state index contributed by atoms with van der Waals surface area (Å²) in [5, 5.41) is 8.41. The maximum atomic E-state index is 11.3. The van der Waals surface area contributed by atoms with Crippen LogP contribution in [-0.4, -0.2) is 45.9 Å². The van der Waals surface area contributed by atoms with Crippen LogP contribution in [0.25, 0.3) is 0 Å². The molecule has 6 nitrogen and oxygen atoms in total. The Morgan fingerprint density at radius 2 is 1.42 bits per heavy atom. The second-order valence-electron chi connectivity index (χ2n) is 5.06. The van der Waals surface area contributed by atoms with Crippen molar-refractivity contribution in [1.29, 1.82) is 0 Å². The summed E-state index contributed by atoms with van der Waals surface area (Å²) in [4.78, 5) is 30.9. The summed E-state index contributed by atoms with van der Waals surface area (Å²) in [5.74, 6) is -0.759. The molecule has 0 saturated heterocycles. The van der Waals surface area contributed by atoms with Crippen molar-refractivity contribution in [2.75, 3.05) is 14.1 Å². The van der Waals surface area contributed by atoms with Gasteiger partial charge in [-0.25, -0.2) is 0 Å². The number of aliphatic carboxylic acids is 1. The minimum atomic E-state index is -0.843. The van der Waals surface area contributed by atoms with Crippen LogP contribution in [0.15, 0.2) is 45.9 Å². The average Bonchev–Trinajstić information content (AvgIpc) is 2.47. The lowest BCUT2D eigenvalue weighted by Gasteiger charge is -2.09. The zero-order valence-electron chi connectivity index (χ0n) is 13.2. The number of carbonyl (C=O) groups is 2. The van der Waals surface area contributed by atoms with Crippen molar-refractivity contribution in [2.24, 2.45) is 0 Å². The molecule has 0 atom stereocenters. The Bertz CT molecular complexity index is 708. The zero-order chi connectivity index (χ0) is 18.1. The van der Waals surface area contributed by atoms with Crippen molar-refractivity contribution >= 4 is 43.7 Å². The van der Waals surface area contributed by atoms with Crippen molar-refractivity contribution in [1.82, 2.24) is 14.9 Å². The molecule has 0 saturated carbocycles. The molecule has 0 radical (unpaired) electrons. The van der Waals surface area contributed by atoms with Gasteiger partial charge in [0.05, 0.1) is 12.8 Å². The number of hydrogen-bond donors (Lipinski definition) is 1. The van der Waals surface area contributed by atoms with E-state index in [0.29, 0.717) is 12.0 Å². The Balaban J connectivity index is 0.000000243. The van der Waals surface area contributed by atoms with E-state index in [4.69, 9.17) is 5.11 Å². The van der Waals surface area contributed by atoms with Gasteiger partial charge in [-0.2, -0.15) is 0 Å². The van der Waals surface area contributed by atoms with E-state index in [1.165, 1.54) is 0 Å². The first-order valence-electron chi connectivity index (χ1n) is 6.88. The molecule has 2 aromatic rings. The number of likely N-dealkylation sites (N-methyl/N-ethyl adjacent to an activating group) is 1. The zero-order valence-corrected chi connectivity index (χ0v) is 16.4. The molecule has 0 aliphatic rings. The highest BCUT2D eigenvalue weighted by molar-refractivity contribution is 9.10. The molecule has 0 spiro atoms. The second-order valence-corrected chi connectivity index (χ2v) is 6.89. The van der Waals surface area contributed by atoms with E-state index in [9.17, 15) is 9.59 Å². The van der Waals surface area contributed by atoms with Gasteiger partial charge in [-0.05, 0) is 55.1 Å². The summed E-state index contributed by atoms with van der Waals surface area (Å²) < 4.78 is 1.70. The summed E-state index contributed by atoms with van der Waals surface area (Å²) in [6, 6.07) is 3.63. The van der Waals surface area contributed by atoms with Crippen LogP contribution in [0.1, 0.15) is 11.1 Å². The molecule has 0 aliphatic heterocycles. The fourth-order valence-electron chi connectivity index (χ4n) is 1.61. The number of hydrogen-bond acceptors (Lipinski definition) is 4. The third-order valence-electron chi connectivity index (χ3n) is 2.73. The summed E-state index contributed by atoms with van der Waals surface area (Å²) in [7, 11) is 3.49. The molecule has 0 aliphatic carbocycles. The first-order valence-corrected chi connectivity index (χ1v) is 8.47. The SMILES string of the molecule is CN(C)C(=O)Cc1cncc(Br)c1.O=C(O)Cc1cncc(Br)c1. The van der Waals surface area contributed by atoms with Crippen LogP contribution >= 0.6 is 31.9 Å². The van der Waals surface area contributed by atoms with Crippen LogP contribution in [0.4, 0.5) is 0 Å². The third-order valence-corrected chi connectivity index (χ3v) is 3.60. The number of pyridine rings is 2. The first kappa shape index (κ1) is 20.2. The molecule has 128 valence electrons. The highest BCUT2D eigenvalue weighted by Gasteiger charge is 2.05. The number of nitrogens with zero attached hydrogens (tertiary/aromatic N) is 3. The topological polar surface area (TPSA) is 83.4 Å². The van der Waals surface area contributed by atoms with Gasteiger partial charge < -0.3 is 10.0 Å². The number of amides is 1. The van der Waals surface area contributed by atoms with Gasteiger partial charge in [0.1, 0.15) is 0 Å². The molecule has 24 heavy (non-hydrogen) atoms. The lowest BCUT2D eigenvalue weighted by atomic mass is 10.2. The molecule has 2 aromatic heterocycles. The molecular weight excluding hydrogens is 442 g/mol. The summed E-state index contributed by atoms with van der Waals surface area (Å²) >= 11 is 6.50. The molecule has 2 heterocycles. The molecule has 0 aromatic carbocycles. The maximum Gasteiger partial charge on any atom is 0.307 e. The minimum absolute atomic E-state index is 0.0203. The lowest BCUT2D eigenvalue weighted by molar-refractivity contribution is -0.136. The Hall–Kier alpha value is -1.80. The number of aromatic nitrogens is 2. The monoisotopic (exact) mass is 457 g/mol. The van der Waals surface area contributed by atoms with E-state index >= 15 is 0 Å². The molecule has 0 unspecified atom stereocenters. The van der Waals surface area contributed by atoms with E-state index < -0.39 is 5.97 Å². The number of halogens is 2. The largest absolute Gasteiger partial charge is 0.481 e. The molecule has 0 fully saturated rings. The van der Waals surface area contributed by atoms with E-state index in [1.807, 2.05) is 6.07 Å². The van der Waals surface area contributed by atoms with Crippen molar-refractivity contribution < 1.29 is 14.7 Å². The van der Waals surface area contributed by atoms with Gasteiger partial charge in [0.15, 0.2) is 0 Å². The fourth-order valence-corrected chi connectivity index (χ4v) is 2.44. The van der Waals surface area contributed by atoms with Gasteiger partial charge in [-0.1, -0.05) is 0 Å². The predicted octanol–water partition coefficient (Wildman–Crippen LogP) is 2.95. The molecule has 2 rings (SSSR count). The van der Waals surface area contributed by atoms with Crippen LogP contribution in [0.5, 0.6) is 0 Å². The van der Waals surface area contributed by atoms with Crippen LogP contribution in [0.3, 0.4) is 0 Å². The Morgan fingerprint density at radius 3 is 1.79 bits per heavy atom. The van der Waals surface area contributed by atoms with Crippen molar-refractivity contribution in [2.45, 2.75) is 12.8 Å². The highest BCUT2D eigenvalue weighted by Crippen LogP contribution is 2.10. The normalized spacial score (nSPS) is 9.67. The van der Waals surface area contributed by atoms with E-state index in [0.717, 1.165) is 14.5 Å². The smallest absolute Gasteiger partial charge is 0.307 e. The van der Waals surface area contributed by atoms with Crippen LogP contribution in [0.2, 0.25) is 0 Å². The standard InChI is InChI=1S/C9H11BrN2O.C7H6BrNO2/c1-12(2)9(13)4-7-3-8(10)6-11-5-7;8-6-1-5(2-7(10)11)3-9-4-6/h3,5-6H,4H2,1-2H3;1,3-4H,2H2,(H,10,11). The quantitative estimate of drug-likeness (QED) is 0.761. The van der Waals surface area contributed by atoms with Gasteiger partial charge in [-0.15, -0.1) is 0 Å². The minimum Gasteiger partial charge on any atom is -0.481 e. The van der Waals surface area contributed by atoms with Gasteiger partial charge in [0.2, 0.25) is 5.91 Å². The van der Waals surface area contributed by atoms with Gasteiger partial charge in [-0.3, -0.25) is 19.6 Å². The molecule has 8 heteroatoms. The number of carboxylic acid groups (broad SMARTS) is 1. The highest BCUT2D eigenvalue weighted by atomic mass is 79.9. The molecule has 0 bridgehead atoms.